The lowest BCUT2D eigenvalue weighted by molar-refractivity contribution is -0.120. The van der Waals surface area contributed by atoms with Gasteiger partial charge in [0.05, 0.1) is 12.5 Å². The molecule has 2 aromatic carbocycles. The lowest BCUT2D eigenvalue weighted by Crippen LogP contribution is -2.40. The van der Waals surface area contributed by atoms with Crippen molar-refractivity contribution in [3.63, 3.8) is 0 Å². The first kappa shape index (κ1) is 19.2. The molecule has 0 aliphatic carbocycles. The van der Waals surface area contributed by atoms with Gasteiger partial charge >= 0.3 is 0 Å². The maximum Gasteiger partial charge on any atom is 0.224 e. The van der Waals surface area contributed by atoms with Crippen LogP contribution in [0.25, 0.3) is 0 Å². The summed E-state index contributed by atoms with van der Waals surface area (Å²) in [6.07, 6.45) is 1.42. The van der Waals surface area contributed by atoms with Crippen molar-refractivity contribution >= 4 is 28.8 Å². The first-order chi connectivity index (χ1) is 13.7. The Kier molecular flexibility index (Phi) is 6.10. The van der Waals surface area contributed by atoms with Crippen molar-refractivity contribution in [3.05, 3.63) is 92.6 Å². The molecule has 4 rings (SSSR count). The lowest BCUT2D eigenvalue weighted by atomic mass is 9.97. The number of carbonyl (C=O) groups excluding carboxylic acids is 1. The molecule has 0 saturated carbocycles. The highest BCUT2D eigenvalue weighted by Crippen LogP contribution is 2.28. The first-order valence-corrected chi connectivity index (χ1v) is 10.9. The van der Waals surface area contributed by atoms with E-state index in [-0.39, 0.29) is 11.9 Å². The van der Waals surface area contributed by atoms with Crippen LogP contribution in [0.15, 0.2) is 65.4 Å². The van der Waals surface area contributed by atoms with Gasteiger partial charge in [-0.25, -0.2) is 0 Å². The minimum atomic E-state index is 0.0416. The van der Waals surface area contributed by atoms with Crippen molar-refractivity contribution in [1.29, 1.82) is 0 Å². The molecule has 28 heavy (non-hydrogen) atoms. The average Bonchev–Trinajstić information content (AvgIpc) is 3.24. The third-order valence-electron chi connectivity index (χ3n) is 5.30. The third-order valence-corrected chi connectivity index (χ3v) is 6.25. The van der Waals surface area contributed by atoms with E-state index in [1.54, 1.807) is 11.3 Å². The zero-order valence-electron chi connectivity index (χ0n) is 15.6. The molecule has 0 unspecified atom stereocenters. The summed E-state index contributed by atoms with van der Waals surface area (Å²) in [5, 5.41) is 8.13. The van der Waals surface area contributed by atoms with Gasteiger partial charge in [0.2, 0.25) is 5.91 Å². The summed E-state index contributed by atoms with van der Waals surface area (Å²) in [6.45, 7) is 2.54. The zero-order chi connectivity index (χ0) is 19.3. The number of nitrogens with one attached hydrogen (secondary N) is 1. The smallest absolute Gasteiger partial charge is 0.224 e. The SMILES string of the molecule is O=C(Cc1ccc(Cl)cc1)NC[C@H](c1ccsc1)N1CCc2ccccc2C1. The van der Waals surface area contributed by atoms with Gasteiger partial charge in [-0.05, 0) is 57.6 Å². The normalized spacial score (nSPS) is 15.0. The summed E-state index contributed by atoms with van der Waals surface area (Å²) in [5.41, 5.74) is 5.08. The summed E-state index contributed by atoms with van der Waals surface area (Å²) < 4.78 is 0. The second kappa shape index (κ2) is 8.91. The summed E-state index contributed by atoms with van der Waals surface area (Å²) in [5.74, 6) is 0.0416. The highest BCUT2D eigenvalue weighted by Gasteiger charge is 2.25. The van der Waals surface area contributed by atoms with Crippen molar-refractivity contribution in [2.45, 2.75) is 25.4 Å². The van der Waals surface area contributed by atoms with E-state index in [2.05, 4.69) is 51.3 Å². The van der Waals surface area contributed by atoms with Crippen molar-refractivity contribution in [1.82, 2.24) is 10.2 Å². The van der Waals surface area contributed by atoms with Crippen LogP contribution in [0.5, 0.6) is 0 Å². The van der Waals surface area contributed by atoms with Gasteiger partial charge in [-0.2, -0.15) is 11.3 Å². The van der Waals surface area contributed by atoms with Crippen LogP contribution in [0.1, 0.15) is 28.3 Å². The summed E-state index contributed by atoms with van der Waals surface area (Å²) in [6, 6.07) is 18.5. The maximum absolute atomic E-state index is 12.5. The number of fused-ring (bicyclic) bond motifs is 1. The highest BCUT2D eigenvalue weighted by molar-refractivity contribution is 7.08. The Bertz CT molecular complexity index is 924. The van der Waals surface area contributed by atoms with Gasteiger partial charge in [0.25, 0.3) is 0 Å². The van der Waals surface area contributed by atoms with Crippen molar-refractivity contribution in [2.75, 3.05) is 13.1 Å². The Balaban J connectivity index is 1.43. The fourth-order valence-corrected chi connectivity index (χ4v) is 4.60. The van der Waals surface area contributed by atoms with E-state index in [1.165, 1.54) is 16.7 Å². The van der Waals surface area contributed by atoms with Gasteiger partial charge in [0, 0.05) is 24.7 Å². The molecule has 0 spiro atoms. The van der Waals surface area contributed by atoms with Gasteiger partial charge in [-0.15, -0.1) is 0 Å². The molecule has 0 bridgehead atoms. The molecule has 0 saturated heterocycles. The molecular weight excluding hydrogens is 388 g/mol. The topological polar surface area (TPSA) is 32.3 Å². The highest BCUT2D eigenvalue weighted by atomic mass is 35.5. The van der Waals surface area contributed by atoms with Crippen LogP contribution in [0.2, 0.25) is 5.02 Å². The summed E-state index contributed by atoms with van der Waals surface area (Å²) >= 11 is 7.63. The molecule has 1 aromatic heterocycles. The van der Waals surface area contributed by atoms with Crippen LogP contribution in [0, 0.1) is 0 Å². The fraction of sp³-hybridized carbons (Fsp3) is 0.261. The van der Waals surface area contributed by atoms with Crippen LogP contribution in [0.3, 0.4) is 0 Å². The molecule has 3 aromatic rings. The molecule has 0 fully saturated rings. The molecule has 0 radical (unpaired) electrons. The molecular formula is C23H23ClN2OS. The number of thiophene rings is 1. The number of nitrogens with zero attached hydrogens (tertiary/aromatic N) is 1. The van der Waals surface area contributed by atoms with Gasteiger partial charge in [-0.1, -0.05) is 48.0 Å². The van der Waals surface area contributed by atoms with Crippen molar-refractivity contribution in [3.8, 4) is 0 Å². The number of halogens is 1. The molecule has 1 amide bonds. The lowest BCUT2D eigenvalue weighted by Gasteiger charge is -2.35. The second-order valence-electron chi connectivity index (χ2n) is 7.17. The van der Waals surface area contributed by atoms with Crippen LogP contribution >= 0.6 is 22.9 Å². The Morgan fingerprint density at radius 3 is 2.64 bits per heavy atom. The fourth-order valence-electron chi connectivity index (χ4n) is 3.77. The van der Waals surface area contributed by atoms with E-state index < -0.39 is 0 Å². The minimum absolute atomic E-state index is 0.0416. The number of benzene rings is 2. The molecule has 144 valence electrons. The minimum Gasteiger partial charge on any atom is -0.354 e. The first-order valence-electron chi connectivity index (χ1n) is 9.53. The number of amides is 1. The second-order valence-corrected chi connectivity index (χ2v) is 8.39. The zero-order valence-corrected chi connectivity index (χ0v) is 17.2. The largest absolute Gasteiger partial charge is 0.354 e. The van der Waals surface area contributed by atoms with Crippen molar-refractivity contribution < 1.29 is 4.79 Å². The Hall–Kier alpha value is -2.14. The van der Waals surface area contributed by atoms with Crippen molar-refractivity contribution in [2.24, 2.45) is 0 Å². The Morgan fingerprint density at radius 2 is 1.89 bits per heavy atom. The number of hydrogen-bond acceptors (Lipinski definition) is 3. The van der Waals surface area contributed by atoms with E-state index in [4.69, 9.17) is 11.6 Å². The Labute approximate surface area is 175 Å². The maximum atomic E-state index is 12.5. The number of carbonyl (C=O) groups is 1. The van der Waals surface area contributed by atoms with Crippen LogP contribution in [-0.2, 0) is 24.2 Å². The quantitative estimate of drug-likeness (QED) is 0.629. The molecule has 3 nitrogen and oxygen atoms in total. The van der Waals surface area contributed by atoms with Gasteiger partial charge in [0.15, 0.2) is 0 Å². The molecule has 1 N–H and O–H groups in total. The van der Waals surface area contributed by atoms with Crippen LogP contribution < -0.4 is 5.32 Å². The predicted octanol–water partition coefficient (Wildman–Crippen LogP) is 4.86. The average molecular weight is 411 g/mol. The van der Waals surface area contributed by atoms with Gasteiger partial charge < -0.3 is 5.32 Å². The van der Waals surface area contributed by atoms with E-state index in [0.29, 0.717) is 18.0 Å². The molecule has 2 heterocycles. The Morgan fingerprint density at radius 1 is 1.11 bits per heavy atom. The standard InChI is InChI=1S/C23H23ClN2OS/c24-21-7-5-17(6-8-21)13-23(27)25-14-22(20-10-12-28-16-20)26-11-9-18-3-1-2-4-19(18)15-26/h1-8,10,12,16,22H,9,11,13-15H2,(H,25,27)/t22-/m1/s1. The van der Waals surface area contributed by atoms with Gasteiger partial charge in [-0.3, -0.25) is 9.69 Å². The third kappa shape index (κ3) is 4.64. The van der Waals surface area contributed by atoms with Crippen LogP contribution in [0.4, 0.5) is 0 Å². The molecule has 1 aliphatic heterocycles. The molecule has 1 aliphatic rings. The predicted molar refractivity (Wildman–Crippen MR) is 116 cm³/mol. The molecule has 5 heteroatoms. The summed E-state index contributed by atoms with van der Waals surface area (Å²) in [7, 11) is 0. The number of hydrogen-bond donors (Lipinski definition) is 1. The van der Waals surface area contributed by atoms with Crippen LogP contribution in [-0.4, -0.2) is 23.9 Å². The van der Waals surface area contributed by atoms with Gasteiger partial charge in [0.1, 0.15) is 0 Å². The summed E-state index contributed by atoms with van der Waals surface area (Å²) in [4.78, 5) is 15.0. The monoisotopic (exact) mass is 410 g/mol. The van der Waals surface area contributed by atoms with E-state index in [9.17, 15) is 4.79 Å². The molecule has 1 atom stereocenters. The van der Waals surface area contributed by atoms with E-state index >= 15 is 0 Å². The van der Waals surface area contributed by atoms with E-state index in [0.717, 1.165) is 25.1 Å². The van der Waals surface area contributed by atoms with E-state index in [1.807, 2.05) is 24.3 Å². The number of rotatable bonds is 6.